The van der Waals surface area contributed by atoms with Crippen molar-refractivity contribution in [3.63, 3.8) is 0 Å². The van der Waals surface area contributed by atoms with Crippen LogP contribution < -0.4 is 10.6 Å². The quantitative estimate of drug-likeness (QED) is 0.385. The van der Waals surface area contributed by atoms with Gasteiger partial charge in [0.2, 0.25) is 0 Å². The van der Waals surface area contributed by atoms with Crippen molar-refractivity contribution in [3.8, 4) is 0 Å². The fourth-order valence-electron chi connectivity index (χ4n) is 3.76. The first-order valence-electron chi connectivity index (χ1n) is 9.67. The van der Waals surface area contributed by atoms with Gasteiger partial charge >= 0.3 is 0 Å². The fourth-order valence-corrected chi connectivity index (χ4v) is 3.76. The SMILES string of the molecule is Cc1[nH]c(/C=C2\C(=O)Nc3ccccc32)c(C)c1C(O)NCCc1ccccn1. The number of rotatable bonds is 6. The molecule has 4 N–H and O–H groups in total. The summed E-state index contributed by atoms with van der Waals surface area (Å²) in [7, 11) is 0. The lowest BCUT2D eigenvalue weighted by Gasteiger charge is -2.14. The predicted molar refractivity (Wildman–Crippen MR) is 114 cm³/mol. The van der Waals surface area contributed by atoms with Crippen molar-refractivity contribution in [1.29, 1.82) is 0 Å². The monoisotopic (exact) mass is 388 g/mol. The molecule has 0 bridgehead atoms. The molecule has 1 aliphatic heterocycles. The Morgan fingerprint density at radius 2 is 1.97 bits per heavy atom. The summed E-state index contributed by atoms with van der Waals surface area (Å²) in [6.45, 7) is 4.48. The number of aryl methyl sites for hydroxylation is 1. The summed E-state index contributed by atoms with van der Waals surface area (Å²) in [4.78, 5) is 20.0. The van der Waals surface area contributed by atoms with Gasteiger partial charge in [0.15, 0.2) is 0 Å². The van der Waals surface area contributed by atoms with Crippen molar-refractivity contribution in [3.05, 3.63) is 82.4 Å². The number of amides is 1. The molecule has 0 fully saturated rings. The van der Waals surface area contributed by atoms with Gasteiger partial charge in [0.1, 0.15) is 6.23 Å². The Kier molecular flexibility index (Phi) is 5.29. The van der Waals surface area contributed by atoms with Crippen LogP contribution in [0, 0.1) is 13.8 Å². The largest absolute Gasteiger partial charge is 0.374 e. The summed E-state index contributed by atoms with van der Waals surface area (Å²) in [6, 6.07) is 13.4. The number of carbonyl (C=O) groups excluding carboxylic acids is 1. The molecule has 3 aromatic rings. The molecule has 4 rings (SSSR count). The molecule has 1 unspecified atom stereocenters. The molecule has 1 atom stereocenters. The third-order valence-corrected chi connectivity index (χ3v) is 5.25. The molecular weight excluding hydrogens is 364 g/mol. The average molecular weight is 388 g/mol. The van der Waals surface area contributed by atoms with Crippen LogP contribution in [-0.2, 0) is 11.2 Å². The van der Waals surface area contributed by atoms with Crippen molar-refractivity contribution in [2.24, 2.45) is 0 Å². The van der Waals surface area contributed by atoms with Crippen molar-refractivity contribution >= 4 is 23.2 Å². The Bertz CT molecular complexity index is 1070. The number of pyridine rings is 1. The number of carbonyl (C=O) groups is 1. The van der Waals surface area contributed by atoms with Gasteiger partial charge in [-0.25, -0.2) is 0 Å². The number of aliphatic hydroxyl groups is 1. The number of benzene rings is 1. The van der Waals surface area contributed by atoms with E-state index in [1.165, 1.54) is 0 Å². The molecule has 1 aromatic carbocycles. The molecule has 29 heavy (non-hydrogen) atoms. The van der Waals surface area contributed by atoms with Crippen molar-refractivity contribution < 1.29 is 9.90 Å². The van der Waals surface area contributed by atoms with Gasteiger partial charge in [-0.15, -0.1) is 0 Å². The van der Waals surface area contributed by atoms with Gasteiger partial charge in [0.05, 0.1) is 5.57 Å². The summed E-state index contributed by atoms with van der Waals surface area (Å²) >= 11 is 0. The highest BCUT2D eigenvalue weighted by Gasteiger charge is 2.25. The number of hydrogen-bond donors (Lipinski definition) is 4. The van der Waals surface area contributed by atoms with E-state index >= 15 is 0 Å². The summed E-state index contributed by atoms with van der Waals surface area (Å²) in [5.41, 5.74) is 6.74. The predicted octanol–water partition coefficient (Wildman–Crippen LogP) is 3.34. The van der Waals surface area contributed by atoms with Crippen LogP contribution in [0.3, 0.4) is 0 Å². The van der Waals surface area contributed by atoms with Crippen LogP contribution in [0.1, 0.15) is 40.0 Å². The van der Waals surface area contributed by atoms with E-state index < -0.39 is 6.23 Å². The van der Waals surface area contributed by atoms with E-state index in [-0.39, 0.29) is 5.91 Å². The molecule has 1 amide bonds. The summed E-state index contributed by atoms with van der Waals surface area (Å²) in [5.74, 6) is -0.117. The smallest absolute Gasteiger partial charge is 0.256 e. The summed E-state index contributed by atoms with van der Waals surface area (Å²) < 4.78 is 0. The molecular formula is C23H24N4O2. The summed E-state index contributed by atoms with van der Waals surface area (Å²) in [6.07, 6.45) is 3.55. The topological polar surface area (TPSA) is 90.0 Å². The van der Waals surface area contributed by atoms with Crippen LogP contribution in [0.2, 0.25) is 0 Å². The minimum atomic E-state index is -0.799. The molecule has 0 saturated heterocycles. The van der Waals surface area contributed by atoms with Gasteiger partial charge in [0.25, 0.3) is 5.91 Å². The zero-order chi connectivity index (χ0) is 20.4. The number of H-pyrrole nitrogens is 1. The van der Waals surface area contributed by atoms with Gasteiger partial charge < -0.3 is 15.4 Å². The van der Waals surface area contributed by atoms with E-state index in [9.17, 15) is 9.90 Å². The number of nitrogens with one attached hydrogen (secondary N) is 3. The van der Waals surface area contributed by atoms with E-state index in [2.05, 4.69) is 20.6 Å². The standard InChI is InChI=1S/C23H24N4O2/c1-14-20(13-18-17-8-3-4-9-19(17)27-22(18)28)26-15(2)21(14)23(29)25-12-10-16-7-5-6-11-24-16/h3-9,11,13,23,25-26,29H,10,12H2,1-2H3,(H,27,28)/b18-13-. The van der Waals surface area contributed by atoms with Crippen LogP contribution in [-0.4, -0.2) is 27.5 Å². The highest BCUT2D eigenvalue weighted by molar-refractivity contribution is 6.34. The Labute approximate surface area is 169 Å². The average Bonchev–Trinajstić information content (AvgIpc) is 3.18. The van der Waals surface area contributed by atoms with E-state index in [1.807, 2.05) is 62.4 Å². The van der Waals surface area contributed by atoms with E-state index in [0.717, 1.165) is 45.9 Å². The number of hydrogen-bond acceptors (Lipinski definition) is 4. The zero-order valence-electron chi connectivity index (χ0n) is 16.5. The molecule has 2 aromatic heterocycles. The highest BCUT2D eigenvalue weighted by atomic mass is 16.3. The number of aromatic nitrogens is 2. The van der Waals surface area contributed by atoms with Crippen LogP contribution >= 0.6 is 0 Å². The molecule has 0 aliphatic carbocycles. The fraction of sp³-hybridized carbons (Fsp3) is 0.217. The van der Waals surface area contributed by atoms with Gasteiger partial charge in [-0.1, -0.05) is 24.3 Å². The molecule has 0 radical (unpaired) electrons. The van der Waals surface area contributed by atoms with E-state index in [1.54, 1.807) is 6.20 Å². The van der Waals surface area contributed by atoms with Crippen LogP contribution in [0.4, 0.5) is 5.69 Å². The molecule has 148 valence electrons. The molecule has 1 aliphatic rings. The highest BCUT2D eigenvalue weighted by Crippen LogP contribution is 2.34. The van der Waals surface area contributed by atoms with E-state index in [4.69, 9.17) is 0 Å². The lowest BCUT2D eigenvalue weighted by molar-refractivity contribution is -0.110. The second-order valence-corrected chi connectivity index (χ2v) is 7.19. The zero-order valence-corrected chi connectivity index (χ0v) is 16.5. The van der Waals surface area contributed by atoms with Gasteiger partial charge in [-0.3, -0.25) is 15.1 Å². The van der Waals surface area contributed by atoms with Crippen LogP contribution in [0.15, 0.2) is 48.7 Å². The normalized spacial score (nSPS) is 15.4. The maximum atomic E-state index is 12.4. The van der Waals surface area contributed by atoms with Crippen molar-refractivity contribution in [1.82, 2.24) is 15.3 Å². The van der Waals surface area contributed by atoms with Crippen LogP contribution in [0.25, 0.3) is 11.6 Å². The molecule has 0 saturated carbocycles. The Hall–Kier alpha value is -3.22. The number of fused-ring (bicyclic) bond motifs is 1. The van der Waals surface area contributed by atoms with Gasteiger partial charge in [-0.2, -0.15) is 0 Å². The van der Waals surface area contributed by atoms with E-state index in [0.29, 0.717) is 12.1 Å². The maximum Gasteiger partial charge on any atom is 0.256 e. The number of aromatic amines is 1. The first-order chi connectivity index (χ1) is 14.0. The lowest BCUT2D eigenvalue weighted by Crippen LogP contribution is -2.24. The van der Waals surface area contributed by atoms with Gasteiger partial charge in [-0.05, 0) is 43.7 Å². The summed E-state index contributed by atoms with van der Waals surface area (Å²) in [5, 5.41) is 16.7. The lowest BCUT2D eigenvalue weighted by atomic mass is 10.0. The second-order valence-electron chi connectivity index (χ2n) is 7.19. The second kappa shape index (κ2) is 8.03. The Morgan fingerprint density at radius 1 is 1.17 bits per heavy atom. The number of anilines is 1. The first kappa shape index (κ1) is 19.1. The first-order valence-corrected chi connectivity index (χ1v) is 9.67. The van der Waals surface area contributed by atoms with Crippen molar-refractivity contribution in [2.45, 2.75) is 26.5 Å². The number of para-hydroxylation sites is 1. The van der Waals surface area contributed by atoms with Gasteiger partial charge in [0, 0.05) is 53.1 Å². The minimum absolute atomic E-state index is 0.117. The third-order valence-electron chi connectivity index (χ3n) is 5.25. The maximum absolute atomic E-state index is 12.4. The van der Waals surface area contributed by atoms with Crippen LogP contribution in [0.5, 0.6) is 0 Å². The number of nitrogens with zero attached hydrogens (tertiary/aromatic N) is 1. The molecule has 6 heteroatoms. The van der Waals surface area contributed by atoms with Crippen molar-refractivity contribution in [2.75, 3.05) is 11.9 Å². The molecule has 0 spiro atoms. The third kappa shape index (κ3) is 3.85. The number of aliphatic hydroxyl groups excluding tert-OH is 1. The minimum Gasteiger partial charge on any atom is -0.374 e. The molecule has 3 heterocycles. The molecule has 6 nitrogen and oxygen atoms in total. The Morgan fingerprint density at radius 3 is 2.76 bits per heavy atom. The Balaban J connectivity index is 1.53.